The molecule has 0 spiro atoms. The maximum Gasteiger partial charge on any atom is 0.118 e. The van der Waals surface area contributed by atoms with Crippen molar-refractivity contribution in [2.24, 2.45) is 0 Å². The Morgan fingerprint density at radius 3 is 2.62 bits per heavy atom. The van der Waals surface area contributed by atoms with Gasteiger partial charge in [-0.15, -0.1) is 0 Å². The van der Waals surface area contributed by atoms with Gasteiger partial charge in [-0.2, -0.15) is 10.2 Å². The van der Waals surface area contributed by atoms with Crippen LogP contribution in [0.1, 0.15) is 11.3 Å². The molecule has 0 aliphatic carbocycles. The van der Waals surface area contributed by atoms with Gasteiger partial charge in [0.05, 0.1) is 24.7 Å². The first-order valence-corrected chi connectivity index (χ1v) is 4.98. The van der Waals surface area contributed by atoms with E-state index in [9.17, 15) is 0 Å². The van der Waals surface area contributed by atoms with Gasteiger partial charge in [-0.3, -0.25) is 0 Å². The van der Waals surface area contributed by atoms with Gasteiger partial charge in [0.25, 0.3) is 0 Å². The molecule has 0 aliphatic rings. The molecule has 2 rings (SSSR count). The topological polar surface area (TPSA) is 61.0 Å². The highest BCUT2D eigenvalue weighted by Gasteiger charge is 1.99. The Balaban J connectivity index is 2.14. The van der Waals surface area contributed by atoms with Gasteiger partial charge in [0.2, 0.25) is 0 Å². The van der Waals surface area contributed by atoms with Crippen molar-refractivity contribution >= 4 is 5.69 Å². The quantitative estimate of drug-likeness (QED) is 0.845. The SMILES string of the molecule is COc1ccc(Cc2cc(N)cnn2)cc1. The predicted octanol–water partition coefficient (Wildman–Crippen LogP) is 1.66. The van der Waals surface area contributed by atoms with E-state index in [1.54, 1.807) is 7.11 Å². The minimum atomic E-state index is 0.638. The first-order chi connectivity index (χ1) is 7.78. The number of aromatic nitrogens is 2. The third-order valence-electron chi connectivity index (χ3n) is 2.27. The second kappa shape index (κ2) is 4.61. The summed E-state index contributed by atoms with van der Waals surface area (Å²) in [5.41, 5.74) is 8.29. The second-order valence-corrected chi connectivity index (χ2v) is 3.51. The zero-order valence-corrected chi connectivity index (χ0v) is 9.05. The Morgan fingerprint density at radius 1 is 1.25 bits per heavy atom. The predicted molar refractivity (Wildman–Crippen MR) is 62.2 cm³/mol. The van der Waals surface area contributed by atoms with E-state index in [1.165, 1.54) is 6.20 Å². The van der Waals surface area contributed by atoms with Crippen LogP contribution in [0.5, 0.6) is 5.75 Å². The molecule has 2 aromatic rings. The maximum atomic E-state index is 5.64. The van der Waals surface area contributed by atoms with E-state index in [0.29, 0.717) is 5.69 Å². The van der Waals surface area contributed by atoms with Crippen molar-refractivity contribution in [3.63, 3.8) is 0 Å². The van der Waals surface area contributed by atoms with Crippen molar-refractivity contribution < 1.29 is 4.74 Å². The molecule has 0 saturated heterocycles. The summed E-state index contributed by atoms with van der Waals surface area (Å²) in [5.74, 6) is 0.849. The molecule has 0 saturated carbocycles. The molecule has 0 radical (unpaired) electrons. The van der Waals surface area contributed by atoms with Crippen molar-refractivity contribution in [3.05, 3.63) is 47.8 Å². The molecular weight excluding hydrogens is 202 g/mol. The van der Waals surface area contributed by atoms with Gasteiger partial charge in [-0.25, -0.2) is 0 Å². The summed E-state index contributed by atoms with van der Waals surface area (Å²) in [6, 6.07) is 9.69. The summed E-state index contributed by atoms with van der Waals surface area (Å²) in [6.07, 6.45) is 2.26. The van der Waals surface area contributed by atoms with E-state index in [2.05, 4.69) is 10.2 Å². The lowest BCUT2D eigenvalue weighted by Crippen LogP contribution is -1.97. The zero-order chi connectivity index (χ0) is 11.4. The number of methoxy groups -OCH3 is 1. The first kappa shape index (κ1) is 10.4. The van der Waals surface area contributed by atoms with Crippen molar-refractivity contribution in [2.75, 3.05) is 12.8 Å². The summed E-state index contributed by atoms with van der Waals surface area (Å²) in [4.78, 5) is 0. The normalized spacial score (nSPS) is 10.1. The molecule has 0 bridgehead atoms. The molecule has 0 amide bonds. The summed E-state index contributed by atoms with van der Waals surface area (Å²) in [7, 11) is 1.65. The molecule has 1 aromatic heterocycles. The molecule has 4 heteroatoms. The molecule has 82 valence electrons. The molecule has 16 heavy (non-hydrogen) atoms. The molecule has 0 aliphatic heterocycles. The van der Waals surface area contributed by atoms with Gasteiger partial charge in [0.15, 0.2) is 0 Å². The highest BCUT2D eigenvalue weighted by atomic mass is 16.5. The third-order valence-corrected chi connectivity index (χ3v) is 2.27. The number of hydrogen-bond donors (Lipinski definition) is 1. The lowest BCUT2D eigenvalue weighted by Gasteiger charge is -2.03. The van der Waals surface area contributed by atoms with E-state index in [0.717, 1.165) is 23.4 Å². The molecule has 1 heterocycles. The van der Waals surface area contributed by atoms with E-state index >= 15 is 0 Å². The molecule has 0 unspecified atom stereocenters. The highest BCUT2D eigenvalue weighted by Crippen LogP contribution is 2.14. The smallest absolute Gasteiger partial charge is 0.118 e. The number of nitrogens with two attached hydrogens (primary N) is 1. The van der Waals surface area contributed by atoms with Crippen LogP contribution in [0.15, 0.2) is 36.5 Å². The van der Waals surface area contributed by atoms with Gasteiger partial charge < -0.3 is 10.5 Å². The minimum Gasteiger partial charge on any atom is -0.497 e. The monoisotopic (exact) mass is 215 g/mol. The van der Waals surface area contributed by atoms with Crippen molar-refractivity contribution in [2.45, 2.75) is 6.42 Å². The molecule has 4 nitrogen and oxygen atoms in total. The second-order valence-electron chi connectivity index (χ2n) is 3.51. The standard InChI is InChI=1S/C12H13N3O/c1-16-12-4-2-9(3-5-12)6-11-7-10(13)8-14-15-11/h2-5,7-8H,6H2,1H3,(H2,13,15). The highest BCUT2D eigenvalue weighted by molar-refractivity contribution is 5.37. The lowest BCUT2D eigenvalue weighted by atomic mass is 10.1. The maximum absolute atomic E-state index is 5.64. The van der Waals surface area contributed by atoms with E-state index in [-0.39, 0.29) is 0 Å². The third kappa shape index (κ3) is 2.48. The minimum absolute atomic E-state index is 0.638. The average Bonchev–Trinajstić information content (AvgIpc) is 2.30. The Kier molecular flexibility index (Phi) is 3.00. The number of nitrogens with zero attached hydrogens (tertiary/aromatic N) is 2. The van der Waals surface area contributed by atoms with Gasteiger partial charge in [-0.05, 0) is 23.8 Å². The van der Waals surface area contributed by atoms with Crippen LogP contribution >= 0.6 is 0 Å². The Labute approximate surface area is 94.1 Å². The van der Waals surface area contributed by atoms with Crippen LogP contribution in [-0.4, -0.2) is 17.3 Å². The van der Waals surface area contributed by atoms with Crippen molar-refractivity contribution in [1.29, 1.82) is 0 Å². The molecule has 1 aromatic carbocycles. The summed E-state index contributed by atoms with van der Waals surface area (Å²) in [6.45, 7) is 0. The van der Waals surface area contributed by atoms with Gasteiger partial charge >= 0.3 is 0 Å². The van der Waals surface area contributed by atoms with E-state index in [4.69, 9.17) is 10.5 Å². The zero-order valence-electron chi connectivity index (χ0n) is 9.05. The number of rotatable bonds is 3. The Hall–Kier alpha value is -2.10. The fraction of sp³-hybridized carbons (Fsp3) is 0.167. The average molecular weight is 215 g/mol. The van der Waals surface area contributed by atoms with Crippen LogP contribution in [0, 0.1) is 0 Å². The number of ether oxygens (including phenoxy) is 1. The molecule has 0 fully saturated rings. The summed E-state index contributed by atoms with van der Waals surface area (Å²) < 4.78 is 5.09. The number of hydrogen-bond acceptors (Lipinski definition) is 4. The van der Waals surface area contributed by atoms with Crippen molar-refractivity contribution in [3.8, 4) is 5.75 Å². The summed E-state index contributed by atoms with van der Waals surface area (Å²) in [5, 5.41) is 7.83. The number of benzene rings is 1. The largest absolute Gasteiger partial charge is 0.497 e. The fourth-order valence-corrected chi connectivity index (χ4v) is 1.47. The molecule has 2 N–H and O–H groups in total. The molecular formula is C12H13N3O. The Morgan fingerprint density at radius 2 is 2.00 bits per heavy atom. The van der Waals surface area contributed by atoms with Crippen LogP contribution in [0.2, 0.25) is 0 Å². The molecule has 0 atom stereocenters. The van der Waals surface area contributed by atoms with Crippen LogP contribution in [0.4, 0.5) is 5.69 Å². The van der Waals surface area contributed by atoms with Gasteiger partial charge in [0.1, 0.15) is 5.75 Å². The van der Waals surface area contributed by atoms with E-state index in [1.807, 2.05) is 30.3 Å². The number of nitrogen functional groups attached to an aromatic ring is 1. The van der Waals surface area contributed by atoms with Gasteiger partial charge in [0, 0.05) is 6.42 Å². The van der Waals surface area contributed by atoms with Crippen LogP contribution < -0.4 is 10.5 Å². The van der Waals surface area contributed by atoms with Crippen LogP contribution in [0.25, 0.3) is 0 Å². The first-order valence-electron chi connectivity index (χ1n) is 4.98. The lowest BCUT2D eigenvalue weighted by molar-refractivity contribution is 0.414. The van der Waals surface area contributed by atoms with Crippen LogP contribution in [0.3, 0.4) is 0 Å². The Bertz CT molecular complexity index is 468. The summed E-state index contributed by atoms with van der Waals surface area (Å²) >= 11 is 0. The van der Waals surface area contributed by atoms with E-state index < -0.39 is 0 Å². The fourth-order valence-electron chi connectivity index (χ4n) is 1.47. The van der Waals surface area contributed by atoms with Crippen LogP contribution in [-0.2, 0) is 6.42 Å². The number of anilines is 1. The van der Waals surface area contributed by atoms with Gasteiger partial charge in [-0.1, -0.05) is 12.1 Å². The van der Waals surface area contributed by atoms with Crippen molar-refractivity contribution in [1.82, 2.24) is 10.2 Å².